The second kappa shape index (κ2) is 9.74. The number of hydrogen-bond donors (Lipinski definition) is 0. The van der Waals surface area contributed by atoms with Crippen molar-refractivity contribution in [2.75, 3.05) is 0 Å². The second-order valence-corrected chi connectivity index (χ2v) is 10.2. The Balaban J connectivity index is 1.53. The standard InChI is InChI=1S/C39H28/c1-27-16-18-30(19-17-27)33-24-25-36-37(26-33)39(31-12-6-3-7-13-31)35-15-9-8-14-34(35)38(36)32-22-20-29(21-23-32)28-10-4-2-5-11-28/h2-26H,1H3. The van der Waals surface area contributed by atoms with Crippen LogP contribution < -0.4 is 0 Å². The van der Waals surface area contributed by atoms with Gasteiger partial charge < -0.3 is 0 Å². The third-order valence-corrected chi connectivity index (χ3v) is 7.75. The Morgan fingerprint density at radius 1 is 0.282 bits per heavy atom. The zero-order valence-corrected chi connectivity index (χ0v) is 21.9. The van der Waals surface area contributed by atoms with E-state index in [1.165, 1.54) is 71.6 Å². The number of aryl methyl sites for hydroxylation is 1. The van der Waals surface area contributed by atoms with Crippen molar-refractivity contribution in [3.63, 3.8) is 0 Å². The predicted molar refractivity (Wildman–Crippen MR) is 168 cm³/mol. The molecule has 0 N–H and O–H groups in total. The van der Waals surface area contributed by atoms with E-state index in [1.807, 2.05) is 0 Å². The Morgan fingerprint density at radius 2 is 0.667 bits per heavy atom. The van der Waals surface area contributed by atoms with Gasteiger partial charge in [0.05, 0.1) is 0 Å². The average molecular weight is 497 g/mol. The Labute approximate surface area is 229 Å². The van der Waals surface area contributed by atoms with E-state index in [1.54, 1.807) is 0 Å². The van der Waals surface area contributed by atoms with Gasteiger partial charge in [-0.3, -0.25) is 0 Å². The van der Waals surface area contributed by atoms with E-state index in [0.717, 1.165) is 0 Å². The fraction of sp³-hybridized carbons (Fsp3) is 0.0256. The van der Waals surface area contributed by atoms with Gasteiger partial charge in [0.1, 0.15) is 0 Å². The zero-order valence-electron chi connectivity index (χ0n) is 21.9. The molecule has 0 aliphatic heterocycles. The van der Waals surface area contributed by atoms with Crippen molar-refractivity contribution in [3.05, 3.63) is 157 Å². The maximum absolute atomic E-state index is 2.39. The van der Waals surface area contributed by atoms with E-state index >= 15 is 0 Å². The summed E-state index contributed by atoms with van der Waals surface area (Å²) in [6, 6.07) is 55.1. The molecule has 7 aromatic rings. The van der Waals surface area contributed by atoms with Crippen molar-refractivity contribution < 1.29 is 0 Å². The van der Waals surface area contributed by atoms with Gasteiger partial charge in [0.2, 0.25) is 0 Å². The number of rotatable bonds is 4. The highest BCUT2D eigenvalue weighted by molar-refractivity contribution is 6.22. The number of hydrogen-bond acceptors (Lipinski definition) is 0. The molecule has 7 aromatic carbocycles. The molecule has 0 saturated carbocycles. The molecule has 0 spiro atoms. The molecular weight excluding hydrogens is 468 g/mol. The summed E-state index contributed by atoms with van der Waals surface area (Å²) in [6.07, 6.45) is 0. The molecule has 0 aliphatic carbocycles. The second-order valence-electron chi connectivity index (χ2n) is 10.2. The van der Waals surface area contributed by atoms with Crippen LogP contribution >= 0.6 is 0 Å². The lowest BCUT2D eigenvalue weighted by Gasteiger charge is -2.19. The molecule has 0 amide bonds. The van der Waals surface area contributed by atoms with E-state index < -0.39 is 0 Å². The zero-order chi connectivity index (χ0) is 26.2. The van der Waals surface area contributed by atoms with Crippen LogP contribution in [0.4, 0.5) is 0 Å². The largest absolute Gasteiger partial charge is 0.0622 e. The highest BCUT2D eigenvalue weighted by Gasteiger charge is 2.17. The van der Waals surface area contributed by atoms with Crippen molar-refractivity contribution in [2.45, 2.75) is 6.92 Å². The van der Waals surface area contributed by atoms with E-state index in [4.69, 9.17) is 0 Å². The lowest BCUT2D eigenvalue weighted by molar-refractivity contribution is 1.47. The summed E-state index contributed by atoms with van der Waals surface area (Å²) >= 11 is 0. The molecule has 0 atom stereocenters. The molecule has 0 aliphatic rings. The first-order chi connectivity index (χ1) is 19.3. The Bertz CT molecular complexity index is 1910. The van der Waals surface area contributed by atoms with Crippen LogP contribution in [0.5, 0.6) is 0 Å². The first kappa shape index (κ1) is 23.2. The fourth-order valence-electron chi connectivity index (χ4n) is 5.79. The number of benzene rings is 7. The molecule has 0 bridgehead atoms. The van der Waals surface area contributed by atoms with Gasteiger partial charge >= 0.3 is 0 Å². The summed E-state index contributed by atoms with van der Waals surface area (Å²) in [6.45, 7) is 2.14. The normalized spacial score (nSPS) is 11.2. The molecule has 184 valence electrons. The van der Waals surface area contributed by atoms with Crippen LogP contribution in [0.25, 0.3) is 66.1 Å². The van der Waals surface area contributed by atoms with Gasteiger partial charge in [-0.25, -0.2) is 0 Å². The summed E-state index contributed by atoms with van der Waals surface area (Å²) in [5.74, 6) is 0. The van der Waals surface area contributed by atoms with Gasteiger partial charge in [-0.1, -0.05) is 151 Å². The molecule has 0 nitrogen and oxygen atoms in total. The van der Waals surface area contributed by atoms with Gasteiger partial charge in [0.15, 0.2) is 0 Å². The van der Waals surface area contributed by atoms with Crippen molar-refractivity contribution in [1.82, 2.24) is 0 Å². The minimum absolute atomic E-state index is 1.23. The quantitative estimate of drug-likeness (QED) is 0.213. The first-order valence-corrected chi connectivity index (χ1v) is 13.5. The van der Waals surface area contributed by atoms with E-state index in [9.17, 15) is 0 Å². The van der Waals surface area contributed by atoms with Crippen LogP contribution in [0.3, 0.4) is 0 Å². The van der Waals surface area contributed by atoms with Crippen LogP contribution in [0.1, 0.15) is 5.56 Å². The highest BCUT2D eigenvalue weighted by atomic mass is 14.2. The van der Waals surface area contributed by atoms with Crippen molar-refractivity contribution in [1.29, 1.82) is 0 Å². The van der Waals surface area contributed by atoms with Crippen LogP contribution in [-0.4, -0.2) is 0 Å². The van der Waals surface area contributed by atoms with E-state index in [-0.39, 0.29) is 0 Å². The third-order valence-electron chi connectivity index (χ3n) is 7.75. The lowest BCUT2D eigenvalue weighted by Crippen LogP contribution is -1.92. The molecule has 0 radical (unpaired) electrons. The Morgan fingerprint density at radius 3 is 1.31 bits per heavy atom. The van der Waals surface area contributed by atoms with Crippen molar-refractivity contribution in [3.8, 4) is 44.5 Å². The summed E-state index contributed by atoms with van der Waals surface area (Å²) in [5, 5.41) is 5.11. The van der Waals surface area contributed by atoms with Crippen LogP contribution in [0.2, 0.25) is 0 Å². The topological polar surface area (TPSA) is 0 Å². The average Bonchev–Trinajstić information content (AvgIpc) is 3.01. The minimum atomic E-state index is 1.23. The lowest BCUT2D eigenvalue weighted by atomic mass is 9.84. The Kier molecular flexibility index (Phi) is 5.79. The van der Waals surface area contributed by atoms with E-state index in [2.05, 4.69) is 159 Å². The molecule has 7 rings (SSSR count). The van der Waals surface area contributed by atoms with Gasteiger partial charge in [0, 0.05) is 0 Å². The van der Waals surface area contributed by atoms with Crippen LogP contribution in [0.15, 0.2) is 152 Å². The minimum Gasteiger partial charge on any atom is -0.0622 e. The molecular formula is C39H28. The summed E-state index contributed by atoms with van der Waals surface area (Å²) in [4.78, 5) is 0. The predicted octanol–water partition coefficient (Wildman–Crippen LogP) is 11.0. The maximum atomic E-state index is 2.39. The smallest absolute Gasteiger partial charge is 0.00262 e. The number of fused-ring (bicyclic) bond motifs is 2. The molecule has 0 aromatic heterocycles. The maximum Gasteiger partial charge on any atom is -0.00262 e. The fourth-order valence-corrected chi connectivity index (χ4v) is 5.79. The molecule has 39 heavy (non-hydrogen) atoms. The first-order valence-electron chi connectivity index (χ1n) is 13.5. The molecule has 0 heteroatoms. The van der Waals surface area contributed by atoms with Crippen LogP contribution in [-0.2, 0) is 0 Å². The van der Waals surface area contributed by atoms with Crippen molar-refractivity contribution >= 4 is 21.5 Å². The molecule has 0 saturated heterocycles. The SMILES string of the molecule is Cc1ccc(-c2ccc3c(-c4ccc(-c5ccccc5)cc4)c4ccccc4c(-c4ccccc4)c3c2)cc1. The summed E-state index contributed by atoms with van der Waals surface area (Å²) < 4.78 is 0. The van der Waals surface area contributed by atoms with Gasteiger partial charge in [0.25, 0.3) is 0 Å². The molecule has 0 heterocycles. The van der Waals surface area contributed by atoms with Gasteiger partial charge in [-0.05, 0) is 79.0 Å². The molecule has 0 unspecified atom stereocenters. The molecule has 0 fully saturated rings. The van der Waals surface area contributed by atoms with Crippen LogP contribution in [0, 0.1) is 6.92 Å². The van der Waals surface area contributed by atoms with Gasteiger partial charge in [-0.2, -0.15) is 0 Å². The third kappa shape index (κ3) is 4.21. The highest BCUT2D eigenvalue weighted by Crippen LogP contribution is 2.45. The van der Waals surface area contributed by atoms with Gasteiger partial charge in [-0.15, -0.1) is 0 Å². The summed E-state index contributed by atoms with van der Waals surface area (Å²) in [7, 11) is 0. The van der Waals surface area contributed by atoms with E-state index in [0.29, 0.717) is 0 Å². The Hall–Kier alpha value is -4.94. The van der Waals surface area contributed by atoms with Crippen molar-refractivity contribution in [2.24, 2.45) is 0 Å². The summed E-state index contributed by atoms with van der Waals surface area (Å²) in [5.41, 5.74) is 11.3. The monoisotopic (exact) mass is 496 g/mol.